The fraction of sp³-hybridized carbons (Fsp3) is 0.273. The van der Waals surface area contributed by atoms with Gasteiger partial charge in [0.15, 0.2) is 0 Å². The number of fused-ring (bicyclic) bond motifs is 1. The van der Waals surface area contributed by atoms with Crippen molar-refractivity contribution in [3.8, 4) is 5.88 Å². The highest BCUT2D eigenvalue weighted by Crippen LogP contribution is 2.24. The number of aromatic nitrogens is 2. The van der Waals surface area contributed by atoms with Crippen LogP contribution in [0.15, 0.2) is 54.6 Å². The van der Waals surface area contributed by atoms with Crippen LogP contribution in [0.3, 0.4) is 0 Å². The molecule has 0 unspecified atom stereocenters. The Hall–Kier alpha value is -2.88. The molecule has 0 spiro atoms. The predicted molar refractivity (Wildman–Crippen MR) is 103 cm³/mol. The van der Waals surface area contributed by atoms with Gasteiger partial charge in [0.1, 0.15) is 6.61 Å². The van der Waals surface area contributed by atoms with Crippen LogP contribution in [0.2, 0.25) is 0 Å². The van der Waals surface area contributed by atoms with E-state index in [2.05, 4.69) is 70.3 Å². The fourth-order valence-electron chi connectivity index (χ4n) is 3.25. The Morgan fingerprint density at radius 2 is 1.73 bits per heavy atom. The Bertz CT molecular complexity index is 906. The predicted octanol–water partition coefficient (Wildman–Crippen LogP) is 4.24. The van der Waals surface area contributed by atoms with Gasteiger partial charge in [-0.2, -0.15) is 4.98 Å². The second-order valence-corrected chi connectivity index (χ2v) is 6.86. The van der Waals surface area contributed by atoms with Crippen molar-refractivity contribution in [3.63, 3.8) is 0 Å². The minimum Gasteiger partial charge on any atom is -0.473 e. The van der Waals surface area contributed by atoms with Crippen molar-refractivity contribution in [1.82, 2.24) is 9.97 Å². The number of aryl methyl sites for hydroxylation is 2. The van der Waals surface area contributed by atoms with Crippen LogP contribution in [-0.2, 0) is 19.6 Å². The number of ether oxygens (including phenoxy) is 1. The molecule has 0 radical (unpaired) electrons. The third-order valence-electron chi connectivity index (χ3n) is 4.74. The first-order valence-corrected chi connectivity index (χ1v) is 9.03. The molecule has 2 heterocycles. The van der Waals surface area contributed by atoms with Crippen LogP contribution in [-0.4, -0.2) is 16.5 Å². The van der Waals surface area contributed by atoms with Gasteiger partial charge in [-0.1, -0.05) is 54.1 Å². The van der Waals surface area contributed by atoms with Crippen LogP contribution in [0.25, 0.3) is 0 Å². The molecule has 4 nitrogen and oxygen atoms in total. The van der Waals surface area contributed by atoms with E-state index >= 15 is 0 Å². The summed E-state index contributed by atoms with van der Waals surface area (Å²) in [4.78, 5) is 11.5. The zero-order valence-electron chi connectivity index (χ0n) is 15.3. The van der Waals surface area contributed by atoms with E-state index in [4.69, 9.17) is 4.74 Å². The van der Waals surface area contributed by atoms with Crippen LogP contribution < -0.4 is 9.64 Å². The summed E-state index contributed by atoms with van der Waals surface area (Å²) in [6.45, 7) is 6.36. The zero-order chi connectivity index (χ0) is 17.9. The standard InChI is InChI=1S/C22H23N3O/c1-16-7-9-18(10-8-16)15-26-21-13-17(2)23-22(24-21)25-12-11-19-5-3-4-6-20(19)14-25/h3-10,13H,11-12,14-15H2,1-2H3. The summed E-state index contributed by atoms with van der Waals surface area (Å²) in [5.74, 6) is 1.38. The number of anilines is 1. The van der Waals surface area contributed by atoms with Crippen LogP contribution in [0.5, 0.6) is 5.88 Å². The SMILES string of the molecule is Cc1ccc(COc2cc(C)nc(N3CCc4ccccc4C3)n2)cc1. The average Bonchev–Trinajstić information content (AvgIpc) is 2.67. The molecule has 0 amide bonds. The maximum absolute atomic E-state index is 5.94. The molecular weight excluding hydrogens is 322 g/mol. The van der Waals surface area contributed by atoms with Gasteiger partial charge in [0, 0.05) is 24.8 Å². The van der Waals surface area contributed by atoms with Crippen LogP contribution in [0, 0.1) is 13.8 Å². The van der Waals surface area contributed by atoms with Gasteiger partial charge < -0.3 is 9.64 Å². The Balaban J connectivity index is 1.50. The molecule has 0 fully saturated rings. The quantitative estimate of drug-likeness (QED) is 0.709. The van der Waals surface area contributed by atoms with E-state index in [1.807, 2.05) is 13.0 Å². The summed E-state index contributed by atoms with van der Waals surface area (Å²) in [5.41, 5.74) is 6.09. The first-order chi connectivity index (χ1) is 12.7. The van der Waals surface area contributed by atoms with Crippen molar-refractivity contribution >= 4 is 5.95 Å². The van der Waals surface area contributed by atoms with Crippen molar-refractivity contribution in [2.45, 2.75) is 33.4 Å². The molecule has 2 aromatic carbocycles. The van der Waals surface area contributed by atoms with E-state index in [1.165, 1.54) is 16.7 Å². The molecular formula is C22H23N3O. The van der Waals surface area contributed by atoms with Gasteiger partial charge in [0.25, 0.3) is 0 Å². The van der Waals surface area contributed by atoms with E-state index in [1.54, 1.807) is 0 Å². The van der Waals surface area contributed by atoms with Crippen molar-refractivity contribution in [2.24, 2.45) is 0 Å². The molecule has 0 aliphatic carbocycles. The molecule has 1 aliphatic heterocycles. The van der Waals surface area contributed by atoms with Crippen molar-refractivity contribution < 1.29 is 4.74 Å². The molecule has 0 N–H and O–H groups in total. The lowest BCUT2D eigenvalue weighted by atomic mass is 10.0. The number of hydrogen-bond acceptors (Lipinski definition) is 4. The highest BCUT2D eigenvalue weighted by atomic mass is 16.5. The molecule has 4 heteroatoms. The molecule has 1 aromatic heterocycles. The third-order valence-corrected chi connectivity index (χ3v) is 4.74. The van der Waals surface area contributed by atoms with Crippen LogP contribution in [0.4, 0.5) is 5.95 Å². The lowest BCUT2D eigenvalue weighted by molar-refractivity contribution is 0.293. The molecule has 0 saturated heterocycles. The Labute approximate surface area is 154 Å². The van der Waals surface area contributed by atoms with Gasteiger partial charge in [-0.15, -0.1) is 0 Å². The van der Waals surface area contributed by atoms with Gasteiger partial charge in [-0.25, -0.2) is 4.98 Å². The maximum atomic E-state index is 5.94. The molecule has 26 heavy (non-hydrogen) atoms. The lowest BCUT2D eigenvalue weighted by Crippen LogP contribution is -2.31. The second kappa shape index (κ2) is 7.16. The average molecular weight is 345 g/mol. The van der Waals surface area contributed by atoms with E-state index in [-0.39, 0.29) is 0 Å². The Morgan fingerprint density at radius 1 is 0.962 bits per heavy atom. The van der Waals surface area contributed by atoms with Crippen molar-refractivity contribution in [2.75, 3.05) is 11.4 Å². The summed E-state index contributed by atoms with van der Waals surface area (Å²) in [5, 5.41) is 0. The topological polar surface area (TPSA) is 38.2 Å². The van der Waals surface area contributed by atoms with Gasteiger partial charge >= 0.3 is 0 Å². The van der Waals surface area contributed by atoms with Gasteiger partial charge in [-0.05, 0) is 37.0 Å². The molecule has 1 aliphatic rings. The highest BCUT2D eigenvalue weighted by molar-refractivity contribution is 5.41. The summed E-state index contributed by atoms with van der Waals surface area (Å²) in [6, 6.07) is 18.9. The van der Waals surface area contributed by atoms with Gasteiger partial charge in [0.05, 0.1) is 0 Å². The lowest BCUT2D eigenvalue weighted by Gasteiger charge is -2.29. The van der Waals surface area contributed by atoms with E-state index in [0.717, 1.165) is 36.7 Å². The number of benzene rings is 2. The Morgan fingerprint density at radius 3 is 2.54 bits per heavy atom. The third kappa shape index (κ3) is 3.69. The van der Waals surface area contributed by atoms with E-state index in [9.17, 15) is 0 Å². The number of nitrogens with zero attached hydrogens (tertiary/aromatic N) is 3. The van der Waals surface area contributed by atoms with Crippen LogP contribution in [0.1, 0.15) is 27.9 Å². The van der Waals surface area contributed by atoms with E-state index < -0.39 is 0 Å². The molecule has 0 bridgehead atoms. The Kier molecular flexibility index (Phi) is 4.57. The summed E-state index contributed by atoms with van der Waals surface area (Å²) >= 11 is 0. The molecule has 0 saturated carbocycles. The van der Waals surface area contributed by atoms with E-state index in [0.29, 0.717) is 12.5 Å². The summed E-state index contributed by atoms with van der Waals surface area (Å²) in [7, 11) is 0. The monoisotopic (exact) mass is 345 g/mol. The van der Waals surface area contributed by atoms with Gasteiger partial charge in [-0.3, -0.25) is 0 Å². The molecule has 132 valence electrons. The highest BCUT2D eigenvalue weighted by Gasteiger charge is 2.19. The first kappa shape index (κ1) is 16.6. The van der Waals surface area contributed by atoms with Gasteiger partial charge in [0.2, 0.25) is 11.8 Å². The molecule has 3 aromatic rings. The number of rotatable bonds is 4. The minimum absolute atomic E-state index is 0.513. The molecule has 4 rings (SSSR count). The smallest absolute Gasteiger partial charge is 0.229 e. The largest absolute Gasteiger partial charge is 0.473 e. The van der Waals surface area contributed by atoms with Crippen molar-refractivity contribution in [3.05, 3.63) is 82.5 Å². The van der Waals surface area contributed by atoms with Crippen molar-refractivity contribution in [1.29, 1.82) is 0 Å². The fourth-order valence-corrected chi connectivity index (χ4v) is 3.25. The molecule has 0 atom stereocenters. The zero-order valence-corrected chi connectivity index (χ0v) is 15.3. The summed E-state index contributed by atoms with van der Waals surface area (Å²) in [6.07, 6.45) is 1.02. The maximum Gasteiger partial charge on any atom is 0.229 e. The van der Waals surface area contributed by atoms with Crippen LogP contribution >= 0.6 is 0 Å². The minimum atomic E-state index is 0.513. The number of hydrogen-bond donors (Lipinski definition) is 0. The first-order valence-electron chi connectivity index (χ1n) is 9.03. The second-order valence-electron chi connectivity index (χ2n) is 6.86. The normalized spacial score (nSPS) is 13.4. The summed E-state index contributed by atoms with van der Waals surface area (Å²) < 4.78 is 5.94.